The van der Waals surface area contributed by atoms with Gasteiger partial charge in [-0.15, -0.1) is 0 Å². The van der Waals surface area contributed by atoms with Crippen molar-refractivity contribution in [1.82, 2.24) is 4.90 Å². The Kier molecular flexibility index (Phi) is 4.54. The topological polar surface area (TPSA) is 23.5 Å². The van der Waals surface area contributed by atoms with Crippen LogP contribution in [0.5, 0.6) is 0 Å². The van der Waals surface area contributed by atoms with Crippen LogP contribution in [0.1, 0.15) is 38.5 Å². The Morgan fingerprint density at radius 2 is 1.50 bits per heavy atom. The molecule has 106 valence electrons. The highest BCUT2D eigenvalue weighted by Gasteiger charge is 2.41. The molecule has 1 saturated heterocycles. The lowest BCUT2D eigenvalue weighted by Gasteiger charge is -2.35. The number of hydrogen-bond donors (Lipinski definition) is 1. The van der Waals surface area contributed by atoms with Gasteiger partial charge < -0.3 is 10.0 Å². The van der Waals surface area contributed by atoms with Crippen LogP contribution in [0.15, 0.2) is 0 Å². The number of nitrogens with zero attached hydrogens (tertiary/aromatic N) is 1. The van der Waals surface area contributed by atoms with Crippen molar-refractivity contribution in [3.63, 3.8) is 0 Å². The number of aliphatic hydroxyl groups is 1. The molecular formula is C13H22F3NO. The first kappa shape index (κ1) is 14.1. The Morgan fingerprint density at radius 1 is 0.944 bits per heavy atom. The van der Waals surface area contributed by atoms with Gasteiger partial charge in [0.2, 0.25) is 0 Å². The normalized spacial score (nSPS) is 32.7. The second kappa shape index (κ2) is 5.78. The van der Waals surface area contributed by atoms with E-state index in [0.29, 0.717) is 31.6 Å². The molecule has 0 aromatic carbocycles. The molecule has 0 amide bonds. The summed E-state index contributed by atoms with van der Waals surface area (Å²) in [5.41, 5.74) is 0. The smallest absolute Gasteiger partial charge is 0.391 e. The minimum atomic E-state index is -4.00. The zero-order valence-corrected chi connectivity index (χ0v) is 10.6. The molecule has 2 rings (SSSR count). The summed E-state index contributed by atoms with van der Waals surface area (Å²) in [5.74, 6) is -0.657. The average Bonchev–Trinajstić information content (AvgIpc) is 2.32. The van der Waals surface area contributed by atoms with Crippen molar-refractivity contribution in [1.29, 1.82) is 0 Å². The molecule has 0 atom stereocenters. The number of hydrogen-bond acceptors (Lipinski definition) is 2. The molecule has 0 bridgehead atoms. The first-order chi connectivity index (χ1) is 8.45. The predicted octanol–water partition coefficient (Wildman–Crippen LogP) is 2.81. The van der Waals surface area contributed by atoms with Crippen LogP contribution >= 0.6 is 0 Å². The molecule has 1 N–H and O–H groups in total. The second-order valence-corrected chi connectivity index (χ2v) is 5.79. The van der Waals surface area contributed by atoms with Gasteiger partial charge in [-0.2, -0.15) is 13.2 Å². The van der Waals surface area contributed by atoms with E-state index in [2.05, 4.69) is 4.90 Å². The SMILES string of the molecule is OC1CCN(CC2CCC(C(F)(F)F)CC2)CC1. The summed E-state index contributed by atoms with van der Waals surface area (Å²) in [4.78, 5) is 2.30. The third-order valence-corrected chi connectivity index (χ3v) is 4.38. The van der Waals surface area contributed by atoms with Crippen molar-refractivity contribution in [2.45, 2.75) is 50.8 Å². The summed E-state index contributed by atoms with van der Waals surface area (Å²) in [7, 11) is 0. The number of piperidine rings is 1. The number of likely N-dealkylation sites (tertiary alicyclic amines) is 1. The van der Waals surface area contributed by atoms with Gasteiger partial charge in [0.25, 0.3) is 0 Å². The van der Waals surface area contributed by atoms with Gasteiger partial charge in [0.15, 0.2) is 0 Å². The van der Waals surface area contributed by atoms with E-state index in [9.17, 15) is 18.3 Å². The number of rotatable bonds is 2. The highest BCUT2D eigenvalue weighted by atomic mass is 19.4. The molecule has 0 spiro atoms. The third kappa shape index (κ3) is 3.85. The van der Waals surface area contributed by atoms with Crippen molar-refractivity contribution in [3.8, 4) is 0 Å². The van der Waals surface area contributed by atoms with E-state index in [1.807, 2.05) is 0 Å². The fourth-order valence-corrected chi connectivity index (χ4v) is 3.14. The Hall–Kier alpha value is -0.290. The maximum Gasteiger partial charge on any atom is 0.391 e. The van der Waals surface area contributed by atoms with E-state index in [4.69, 9.17) is 0 Å². The predicted molar refractivity (Wildman–Crippen MR) is 63.2 cm³/mol. The minimum Gasteiger partial charge on any atom is -0.393 e. The first-order valence-electron chi connectivity index (χ1n) is 6.92. The summed E-state index contributed by atoms with van der Waals surface area (Å²) in [5, 5.41) is 9.41. The second-order valence-electron chi connectivity index (χ2n) is 5.79. The molecular weight excluding hydrogens is 243 g/mol. The molecule has 1 saturated carbocycles. The molecule has 1 heterocycles. The highest BCUT2D eigenvalue weighted by Crippen LogP contribution is 2.39. The van der Waals surface area contributed by atoms with E-state index in [0.717, 1.165) is 32.5 Å². The van der Waals surface area contributed by atoms with Crippen molar-refractivity contribution >= 4 is 0 Å². The standard InChI is InChI=1S/C13H22F3NO/c14-13(15,16)11-3-1-10(2-4-11)9-17-7-5-12(18)6-8-17/h10-12,18H,1-9H2. The van der Waals surface area contributed by atoms with Crippen LogP contribution in [0.4, 0.5) is 13.2 Å². The van der Waals surface area contributed by atoms with Crippen LogP contribution in [0.25, 0.3) is 0 Å². The molecule has 0 unspecified atom stereocenters. The molecule has 0 aromatic heterocycles. The quantitative estimate of drug-likeness (QED) is 0.830. The average molecular weight is 265 g/mol. The van der Waals surface area contributed by atoms with Gasteiger partial charge in [-0.1, -0.05) is 0 Å². The van der Waals surface area contributed by atoms with Gasteiger partial charge in [-0.05, 0) is 44.4 Å². The summed E-state index contributed by atoms with van der Waals surface area (Å²) in [6, 6.07) is 0. The van der Waals surface area contributed by atoms with Crippen LogP contribution in [0, 0.1) is 11.8 Å². The van der Waals surface area contributed by atoms with Crippen molar-refractivity contribution in [2.24, 2.45) is 11.8 Å². The molecule has 1 aliphatic heterocycles. The maximum absolute atomic E-state index is 12.5. The van der Waals surface area contributed by atoms with Gasteiger partial charge in [0.1, 0.15) is 0 Å². The maximum atomic E-state index is 12.5. The third-order valence-electron chi connectivity index (χ3n) is 4.38. The van der Waals surface area contributed by atoms with Crippen LogP contribution < -0.4 is 0 Å². The lowest BCUT2D eigenvalue weighted by molar-refractivity contribution is -0.184. The molecule has 2 fully saturated rings. The Morgan fingerprint density at radius 3 is 2.00 bits per heavy atom. The van der Waals surface area contributed by atoms with Crippen LogP contribution in [-0.2, 0) is 0 Å². The largest absolute Gasteiger partial charge is 0.393 e. The Labute approximate surface area is 106 Å². The lowest BCUT2D eigenvalue weighted by atomic mass is 9.81. The van der Waals surface area contributed by atoms with Crippen molar-refractivity contribution in [2.75, 3.05) is 19.6 Å². The van der Waals surface area contributed by atoms with Crippen molar-refractivity contribution < 1.29 is 18.3 Å². The molecule has 5 heteroatoms. The molecule has 2 nitrogen and oxygen atoms in total. The zero-order valence-electron chi connectivity index (χ0n) is 10.6. The van der Waals surface area contributed by atoms with Crippen molar-refractivity contribution in [3.05, 3.63) is 0 Å². The van der Waals surface area contributed by atoms with Crippen LogP contribution in [0.3, 0.4) is 0 Å². The zero-order chi connectivity index (χ0) is 13.2. The summed E-state index contributed by atoms with van der Waals surface area (Å²) in [6.07, 6.45) is -0.584. The fourth-order valence-electron chi connectivity index (χ4n) is 3.14. The van der Waals surface area contributed by atoms with E-state index < -0.39 is 12.1 Å². The lowest BCUT2D eigenvalue weighted by Crippen LogP contribution is -2.40. The monoisotopic (exact) mass is 265 g/mol. The van der Waals surface area contributed by atoms with Gasteiger partial charge in [0, 0.05) is 19.6 Å². The van der Waals surface area contributed by atoms with E-state index in [1.165, 1.54) is 0 Å². The number of halogens is 3. The highest BCUT2D eigenvalue weighted by molar-refractivity contribution is 4.80. The Bertz CT molecular complexity index is 253. The summed E-state index contributed by atoms with van der Waals surface area (Å²) in [6.45, 7) is 2.69. The first-order valence-corrected chi connectivity index (χ1v) is 6.92. The van der Waals surface area contributed by atoms with E-state index in [1.54, 1.807) is 0 Å². The molecule has 18 heavy (non-hydrogen) atoms. The fraction of sp³-hybridized carbons (Fsp3) is 1.00. The number of alkyl halides is 3. The van der Waals surface area contributed by atoms with E-state index >= 15 is 0 Å². The molecule has 1 aliphatic carbocycles. The van der Waals surface area contributed by atoms with Crippen LogP contribution in [-0.4, -0.2) is 41.9 Å². The summed E-state index contributed by atoms with van der Waals surface area (Å²) >= 11 is 0. The molecule has 0 radical (unpaired) electrons. The van der Waals surface area contributed by atoms with Gasteiger partial charge in [0.05, 0.1) is 12.0 Å². The van der Waals surface area contributed by atoms with Crippen LogP contribution in [0.2, 0.25) is 0 Å². The molecule has 0 aromatic rings. The van der Waals surface area contributed by atoms with E-state index in [-0.39, 0.29) is 6.10 Å². The van der Waals surface area contributed by atoms with Gasteiger partial charge in [-0.3, -0.25) is 0 Å². The minimum absolute atomic E-state index is 0.179. The van der Waals surface area contributed by atoms with Gasteiger partial charge in [-0.25, -0.2) is 0 Å². The van der Waals surface area contributed by atoms with Gasteiger partial charge >= 0.3 is 6.18 Å². The number of aliphatic hydroxyl groups excluding tert-OH is 1. The summed E-state index contributed by atoms with van der Waals surface area (Å²) < 4.78 is 37.6. The Balaban J connectivity index is 1.70. The molecule has 2 aliphatic rings.